The van der Waals surface area contributed by atoms with E-state index in [2.05, 4.69) is 17.4 Å². The Morgan fingerprint density at radius 2 is 1.63 bits per heavy atom. The molecule has 0 spiro atoms. The van der Waals surface area contributed by atoms with Crippen molar-refractivity contribution in [2.45, 2.75) is 57.4 Å². The Bertz CT molecular complexity index is 1110. The summed E-state index contributed by atoms with van der Waals surface area (Å²) in [6, 6.07) is 15.7. The van der Waals surface area contributed by atoms with Crippen molar-refractivity contribution in [2.24, 2.45) is 5.92 Å². The minimum absolute atomic E-state index is 0.0734. The second-order valence-electron chi connectivity index (χ2n) is 9.32. The van der Waals surface area contributed by atoms with Gasteiger partial charge in [-0.25, -0.2) is 8.42 Å². The van der Waals surface area contributed by atoms with E-state index in [-0.39, 0.29) is 22.3 Å². The van der Waals surface area contributed by atoms with E-state index in [0.717, 1.165) is 12.8 Å². The predicted molar refractivity (Wildman–Crippen MR) is 138 cm³/mol. The first-order valence-electron chi connectivity index (χ1n) is 12.4. The maximum absolute atomic E-state index is 13.4. The van der Waals surface area contributed by atoms with Gasteiger partial charge >= 0.3 is 0 Å². The first kappa shape index (κ1) is 26.9. The Hall–Kier alpha value is -2.71. The van der Waals surface area contributed by atoms with Crippen molar-refractivity contribution in [1.82, 2.24) is 14.5 Å². The Morgan fingerprint density at radius 3 is 2.20 bits per heavy atom. The standard InChI is InChI=1S/C27H37N3O4S/c1-5-30(6-2)35(33,34)24-14-10-13-23(19-24)26(31)28-25(20(3)4)27(32)29-17-15-22(16-18-29)21-11-8-7-9-12-21/h7-14,19-20,22,25H,5-6,15-18H2,1-4H3,(H,28,31)/t25-/m1/s1. The monoisotopic (exact) mass is 499 g/mol. The van der Waals surface area contributed by atoms with Gasteiger partial charge in [0, 0.05) is 31.7 Å². The highest BCUT2D eigenvalue weighted by molar-refractivity contribution is 7.89. The molecule has 1 saturated heterocycles. The summed E-state index contributed by atoms with van der Waals surface area (Å²) in [5.74, 6) is -0.219. The first-order valence-corrected chi connectivity index (χ1v) is 13.9. The molecule has 0 saturated carbocycles. The van der Waals surface area contributed by atoms with Gasteiger partial charge in [-0.1, -0.05) is 64.1 Å². The van der Waals surface area contributed by atoms with Crippen molar-refractivity contribution in [3.8, 4) is 0 Å². The van der Waals surface area contributed by atoms with Crippen molar-refractivity contribution in [3.05, 3.63) is 65.7 Å². The predicted octanol–water partition coefficient (Wildman–Crippen LogP) is 3.88. The summed E-state index contributed by atoms with van der Waals surface area (Å²) in [5, 5.41) is 2.87. The van der Waals surface area contributed by atoms with Gasteiger partial charge in [-0.05, 0) is 48.4 Å². The molecule has 7 nitrogen and oxygen atoms in total. The molecule has 0 unspecified atom stereocenters. The quantitative estimate of drug-likeness (QED) is 0.567. The van der Waals surface area contributed by atoms with Gasteiger partial charge in [0.15, 0.2) is 0 Å². The summed E-state index contributed by atoms with van der Waals surface area (Å²) in [7, 11) is -3.69. The summed E-state index contributed by atoms with van der Waals surface area (Å²) < 4.78 is 27.1. The largest absolute Gasteiger partial charge is 0.341 e. The van der Waals surface area contributed by atoms with E-state index in [4.69, 9.17) is 0 Å². The molecular weight excluding hydrogens is 462 g/mol. The molecule has 190 valence electrons. The van der Waals surface area contributed by atoms with E-state index in [1.165, 1.54) is 22.0 Å². The molecule has 0 bridgehead atoms. The summed E-state index contributed by atoms with van der Waals surface area (Å²) in [6.07, 6.45) is 1.78. The van der Waals surface area contributed by atoms with Crippen LogP contribution in [-0.4, -0.2) is 61.7 Å². The molecular formula is C27H37N3O4S. The van der Waals surface area contributed by atoms with E-state index >= 15 is 0 Å². The van der Waals surface area contributed by atoms with Crippen LogP contribution in [-0.2, 0) is 14.8 Å². The van der Waals surface area contributed by atoms with Crippen LogP contribution in [0.15, 0.2) is 59.5 Å². The van der Waals surface area contributed by atoms with Gasteiger partial charge in [0.25, 0.3) is 5.91 Å². The Balaban J connectivity index is 1.70. The second kappa shape index (κ2) is 11.8. The lowest BCUT2D eigenvalue weighted by atomic mass is 9.89. The number of nitrogens with one attached hydrogen (secondary N) is 1. The van der Waals surface area contributed by atoms with Crippen LogP contribution >= 0.6 is 0 Å². The number of carbonyl (C=O) groups is 2. The maximum atomic E-state index is 13.4. The van der Waals surface area contributed by atoms with Gasteiger partial charge in [-0.2, -0.15) is 4.31 Å². The number of nitrogens with zero attached hydrogens (tertiary/aromatic N) is 2. The van der Waals surface area contributed by atoms with Crippen LogP contribution in [0.4, 0.5) is 0 Å². The molecule has 0 aliphatic carbocycles. The molecule has 1 N–H and O–H groups in total. The Kier molecular flexibility index (Phi) is 9.08. The molecule has 1 fully saturated rings. The van der Waals surface area contributed by atoms with E-state index in [9.17, 15) is 18.0 Å². The van der Waals surface area contributed by atoms with Gasteiger partial charge in [-0.3, -0.25) is 9.59 Å². The van der Waals surface area contributed by atoms with Crippen molar-refractivity contribution < 1.29 is 18.0 Å². The number of carbonyl (C=O) groups excluding carboxylic acids is 2. The first-order chi connectivity index (χ1) is 16.7. The van der Waals surface area contributed by atoms with Gasteiger partial charge in [0.1, 0.15) is 6.04 Å². The molecule has 1 aliphatic rings. The second-order valence-corrected chi connectivity index (χ2v) is 11.3. The van der Waals surface area contributed by atoms with Crippen LogP contribution in [0.5, 0.6) is 0 Å². The number of likely N-dealkylation sites (tertiary alicyclic amines) is 1. The fourth-order valence-electron chi connectivity index (χ4n) is 4.60. The molecule has 8 heteroatoms. The third kappa shape index (κ3) is 6.30. The van der Waals surface area contributed by atoms with Crippen LogP contribution in [0.2, 0.25) is 0 Å². The lowest BCUT2D eigenvalue weighted by Gasteiger charge is -2.35. The average Bonchev–Trinajstić information content (AvgIpc) is 2.88. The highest BCUT2D eigenvalue weighted by atomic mass is 32.2. The van der Waals surface area contributed by atoms with E-state index in [1.54, 1.807) is 26.0 Å². The molecule has 2 amide bonds. The molecule has 1 atom stereocenters. The van der Waals surface area contributed by atoms with Crippen LogP contribution < -0.4 is 5.32 Å². The van der Waals surface area contributed by atoms with Gasteiger partial charge in [-0.15, -0.1) is 0 Å². The topological polar surface area (TPSA) is 86.8 Å². The molecule has 0 aromatic heterocycles. The van der Waals surface area contributed by atoms with E-state index in [1.807, 2.05) is 36.9 Å². The zero-order valence-corrected chi connectivity index (χ0v) is 21.9. The van der Waals surface area contributed by atoms with Gasteiger partial charge in [0.2, 0.25) is 15.9 Å². The minimum atomic E-state index is -3.69. The highest BCUT2D eigenvalue weighted by Gasteiger charge is 2.32. The molecule has 2 aromatic rings. The van der Waals surface area contributed by atoms with Crippen LogP contribution in [0, 0.1) is 5.92 Å². The summed E-state index contributed by atoms with van der Waals surface area (Å²) in [5.41, 5.74) is 1.52. The average molecular weight is 500 g/mol. The molecule has 1 aliphatic heterocycles. The fourth-order valence-corrected chi connectivity index (χ4v) is 6.11. The summed E-state index contributed by atoms with van der Waals surface area (Å²) >= 11 is 0. The molecule has 3 rings (SSSR count). The molecule has 0 radical (unpaired) electrons. The molecule has 2 aromatic carbocycles. The highest BCUT2D eigenvalue weighted by Crippen LogP contribution is 2.28. The summed E-state index contributed by atoms with van der Waals surface area (Å²) in [4.78, 5) is 28.3. The zero-order valence-electron chi connectivity index (χ0n) is 21.1. The summed E-state index contributed by atoms with van der Waals surface area (Å²) in [6.45, 7) is 9.35. The van der Waals surface area contributed by atoms with Gasteiger partial charge in [0.05, 0.1) is 4.90 Å². The Morgan fingerprint density at radius 1 is 1.00 bits per heavy atom. The molecule has 35 heavy (non-hydrogen) atoms. The fraction of sp³-hybridized carbons (Fsp3) is 0.481. The molecule has 1 heterocycles. The van der Waals surface area contributed by atoms with Gasteiger partial charge < -0.3 is 10.2 Å². The van der Waals surface area contributed by atoms with Crippen LogP contribution in [0.1, 0.15) is 62.4 Å². The number of hydrogen-bond donors (Lipinski definition) is 1. The Labute approximate surface area is 209 Å². The van der Waals surface area contributed by atoms with Crippen molar-refractivity contribution in [2.75, 3.05) is 26.2 Å². The zero-order chi connectivity index (χ0) is 25.6. The SMILES string of the molecule is CCN(CC)S(=O)(=O)c1cccc(C(=O)N[C@@H](C(=O)N2CCC(c3ccccc3)CC2)C(C)C)c1. The number of rotatable bonds is 9. The number of hydrogen-bond acceptors (Lipinski definition) is 4. The third-order valence-corrected chi connectivity index (χ3v) is 8.78. The number of sulfonamides is 1. The van der Waals surface area contributed by atoms with E-state index < -0.39 is 22.0 Å². The number of amides is 2. The maximum Gasteiger partial charge on any atom is 0.251 e. The smallest absolute Gasteiger partial charge is 0.251 e. The third-order valence-electron chi connectivity index (χ3n) is 6.74. The van der Waals surface area contributed by atoms with Crippen LogP contribution in [0.3, 0.4) is 0 Å². The lowest BCUT2D eigenvalue weighted by Crippen LogP contribution is -2.52. The van der Waals surface area contributed by atoms with Crippen molar-refractivity contribution in [3.63, 3.8) is 0 Å². The van der Waals surface area contributed by atoms with Crippen molar-refractivity contribution in [1.29, 1.82) is 0 Å². The minimum Gasteiger partial charge on any atom is -0.341 e. The van der Waals surface area contributed by atoms with E-state index in [0.29, 0.717) is 32.1 Å². The number of piperidine rings is 1. The number of benzene rings is 2. The normalized spacial score (nSPS) is 15.9. The lowest BCUT2D eigenvalue weighted by molar-refractivity contribution is -0.135. The van der Waals surface area contributed by atoms with Crippen molar-refractivity contribution >= 4 is 21.8 Å². The van der Waals surface area contributed by atoms with Crippen LogP contribution in [0.25, 0.3) is 0 Å².